The lowest BCUT2D eigenvalue weighted by atomic mass is 10.1. The van der Waals surface area contributed by atoms with Crippen molar-refractivity contribution in [2.45, 2.75) is 13.5 Å². The maximum atomic E-state index is 9.76. The number of hydrogen-bond donors (Lipinski definition) is 3. The Morgan fingerprint density at radius 2 is 2.03 bits per heavy atom. The van der Waals surface area contributed by atoms with E-state index in [2.05, 4.69) is 74.9 Å². The minimum absolute atomic E-state index is 0.508. The van der Waals surface area contributed by atoms with Crippen molar-refractivity contribution in [2.24, 2.45) is 0 Å². The summed E-state index contributed by atoms with van der Waals surface area (Å²) < 4.78 is 5.42. The van der Waals surface area contributed by atoms with Crippen LogP contribution in [-0.2, 0) is 11.3 Å². The molecule has 3 N–H and O–H groups in total. The molecule has 37 heavy (non-hydrogen) atoms. The number of fused-ring (bicyclic) bond motifs is 1. The monoisotopic (exact) mass is 492 g/mol. The predicted octanol–water partition coefficient (Wildman–Crippen LogP) is 5.08. The van der Waals surface area contributed by atoms with Crippen molar-refractivity contribution in [3.8, 4) is 6.07 Å². The maximum Gasteiger partial charge on any atom is 0.103 e. The molecule has 0 aliphatic carbocycles. The van der Waals surface area contributed by atoms with Crippen LogP contribution >= 0.6 is 0 Å². The first-order valence-electron chi connectivity index (χ1n) is 12.7. The Morgan fingerprint density at radius 1 is 1.14 bits per heavy atom. The SMILES string of the molecule is Cc1c(Nc2c(C#N)cncc2C=Cc2cccc(CNCCN3CCOCC3)c2)ccc2[nH]ccc12. The average molecular weight is 493 g/mol. The molecule has 0 saturated carbocycles. The Hall–Kier alpha value is -3.96. The first-order valence-corrected chi connectivity index (χ1v) is 12.7. The van der Waals surface area contributed by atoms with E-state index in [4.69, 9.17) is 4.74 Å². The standard InChI is InChI=1S/C30H32N6O/c1-22-27-9-10-34-29(27)8-7-28(22)35-30-25(20-33-21-26(30)18-31)6-5-23-3-2-4-24(17-23)19-32-11-12-36-13-15-37-16-14-36/h2-10,17,20-21,32,34H,11-16,19H2,1H3,(H,33,35). The number of aromatic nitrogens is 2. The third kappa shape index (κ3) is 6.07. The lowest BCUT2D eigenvalue weighted by molar-refractivity contribution is 0.0384. The lowest BCUT2D eigenvalue weighted by Crippen LogP contribution is -2.40. The normalized spacial score (nSPS) is 14.3. The first kappa shape index (κ1) is 24.7. The minimum Gasteiger partial charge on any atom is -0.379 e. The summed E-state index contributed by atoms with van der Waals surface area (Å²) in [6.45, 7) is 8.60. The smallest absolute Gasteiger partial charge is 0.103 e. The largest absolute Gasteiger partial charge is 0.379 e. The fourth-order valence-electron chi connectivity index (χ4n) is 4.67. The van der Waals surface area contributed by atoms with Crippen LogP contribution in [0.5, 0.6) is 0 Å². The van der Waals surface area contributed by atoms with E-state index in [0.717, 1.165) is 84.9 Å². The number of nitrogens with zero attached hydrogens (tertiary/aromatic N) is 3. The second-order valence-electron chi connectivity index (χ2n) is 9.27. The molecule has 0 radical (unpaired) electrons. The van der Waals surface area contributed by atoms with Crippen LogP contribution < -0.4 is 10.6 Å². The number of morpholine rings is 1. The number of rotatable bonds is 9. The van der Waals surface area contributed by atoms with E-state index in [1.165, 1.54) is 5.56 Å². The number of aromatic amines is 1. The molecule has 3 heterocycles. The Balaban J connectivity index is 1.28. The van der Waals surface area contributed by atoms with Crippen molar-refractivity contribution in [1.29, 1.82) is 5.26 Å². The molecule has 0 spiro atoms. The molecule has 4 aromatic rings. The van der Waals surface area contributed by atoms with Gasteiger partial charge in [0.05, 0.1) is 24.5 Å². The van der Waals surface area contributed by atoms with Gasteiger partial charge in [-0.3, -0.25) is 9.88 Å². The lowest BCUT2D eigenvalue weighted by Gasteiger charge is -2.26. The number of anilines is 2. The molecule has 1 fully saturated rings. The van der Waals surface area contributed by atoms with Crippen molar-refractivity contribution in [3.05, 3.63) is 88.9 Å². The number of benzene rings is 2. The molecular weight excluding hydrogens is 460 g/mol. The summed E-state index contributed by atoms with van der Waals surface area (Å²) in [6.07, 6.45) is 9.43. The van der Waals surface area contributed by atoms with Crippen LogP contribution in [0.25, 0.3) is 23.1 Å². The van der Waals surface area contributed by atoms with Crippen LogP contribution in [0.1, 0.15) is 27.8 Å². The maximum absolute atomic E-state index is 9.76. The summed E-state index contributed by atoms with van der Waals surface area (Å²) in [7, 11) is 0. The summed E-state index contributed by atoms with van der Waals surface area (Å²) in [5.41, 5.74) is 7.66. The van der Waals surface area contributed by atoms with E-state index in [0.29, 0.717) is 5.56 Å². The number of H-pyrrole nitrogens is 1. The van der Waals surface area contributed by atoms with Gasteiger partial charge in [0.2, 0.25) is 0 Å². The van der Waals surface area contributed by atoms with Crippen LogP contribution in [0.4, 0.5) is 11.4 Å². The zero-order valence-corrected chi connectivity index (χ0v) is 21.1. The van der Waals surface area contributed by atoms with Gasteiger partial charge in [-0.15, -0.1) is 0 Å². The highest BCUT2D eigenvalue weighted by molar-refractivity contribution is 5.90. The van der Waals surface area contributed by atoms with Crippen LogP contribution in [0.2, 0.25) is 0 Å². The third-order valence-corrected chi connectivity index (χ3v) is 6.80. The fraction of sp³-hybridized carbons (Fsp3) is 0.267. The summed E-state index contributed by atoms with van der Waals surface area (Å²) in [5, 5.41) is 18.0. The van der Waals surface area contributed by atoms with E-state index >= 15 is 0 Å². The molecule has 2 aromatic heterocycles. The number of pyridine rings is 1. The molecule has 0 amide bonds. The third-order valence-electron chi connectivity index (χ3n) is 6.80. The number of ether oxygens (including phenoxy) is 1. The Morgan fingerprint density at radius 3 is 2.89 bits per heavy atom. The summed E-state index contributed by atoms with van der Waals surface area (Å²) >= 11 is 0. The van der Waals surface area contributed by atoms with Gasteiger partial charge in [0.1, 0.15) is 6.07 Å². The average Bonchev–Trinajstić information content (AvgIpc) is 3.43. The second kappa shape index (κ2) is 11.8. The number of hydrogen-bond acceptors (Lipinski definition) is 6. The van der Waals surface area contributed by atoms with Gasteiger partial charge in [-0.25, -0.2) is 0 Å². The predicted molar refractivity (Wildman–Crippen MR) is 150 cm³/mol. The molecule has 7 heteroatoms. The van der Waals surface area contributed by atoms with Gasteiger partial charge in [-0.2, -0.15) is 5.26 Å². The van der Waals surface area contributed by atoms with Gasteiger partial charge in [0, 0.05) is 73.5 Å². The fourth-order valence-corrected chi connectivity index (χ4v) is 4.67. The number of nitrogens with one attached hydrogen (secondary N) is 3. The van der Waals surface area contributed by atoms with E-state index in [-0.39, 0.29) is 0 Å². The van der Waals surface area contributed by atoms with Gasteiger partial charge in [0.15, 0.2) is 0 Å². The molecular formula is C30H32N6O. The Labute approximate surface area is 217 Å². The van der Waals surface area contributed by atoms with Crippen molar-refractivity contribution in [3.63, 3.8) is 0 Å². The van der Waals surface area contributed by atoms with Gasteiger partial charge < -0.3 is 20.4 Å². The van der Waals surface area contributed by atoms with Gasteiger partial charge in [-0.1, -0.05) is 36.4 Å². The summed E-state index contributed by atoms with van der Waals surface area (Å²) in [6, 6.07) is 16.9. The molecule has 5 rings (SSSR count). The summed E-state index contributed by atoms with van der Waals surface area (Å²) in [5.74, 6) is 0. The van der Waals surface area contributed by atoms with Crippen LogP contribution in [0.3, 0.4) is 0 Å². The van der Waals surface area contributed by atoms with E-state index in [1.807, 2.05) is 24.4 Å². The van der Waals surface area contributed by atoms with Gasteiger partial charge in [-0.05, 0) is 41.8 Å². The molecule has 2 aromatic carbocycles. The van der Waals surface area contributed by atoms with Crippen molar-refractivity contribution in [2.75, 3.05) is 44.7 Å². The highest BCUT2D eigenvalue weighted by Gasteiger charge is 2.12. The van der Waals surface area contributed by atoms with E-state index in [1.54, 1.807) is 12.4 Å². The number of nitriles is 1. The van der Waals surface area contributed by atoms with Crippen molar-refractivity contribution < 1.29 is 4.74 Å². The molecule has 1 aliphatic heterocycles. The number of aryl methyl sites for hydroxylation is 1. The molecule has 1 saturated heterocycles. The van der Waals surface area contributed by atoms with E-state index in [9.17, 15) is 5.26 Å². The zero-order valence-electron chi connectivity index (χ0n) is 21.1. The summed E-state index contributed by atoms with van der Waals surface area (Å²) in [4.78, 5) is 9.98. The van der Waals surface area contributed by atoms with E-state index < -0.39 is 0 Å². The highest BCUT2D eigenvalue weighted by Crippen LogP contribution is 2.31. The molecule has 0 unspecified atom stereocenters. The second-order valence-corrected chi connectivity index (χ2v) is 9.27. The van der Waals surface area contributed by atoms with Crippen molar-refractivity contribution >= 4 is 34.4 Å². The minimum atomic E-state index is 0.508. The molecule has 0 bridgehead atoms. The first-order chi connectivity index (χ1) is 18.2. The van der Waals surface area contributed by atoms with Gasteiger partial charge >= 0.3 is 0 Å². The van der Waals surface area contributed by atoms with Crippen LogP contribution in [-0.4, -0.2) is 54.3 Å². The van der Waals surface area contributed by atoms with Crippen LogP contribution in [0, 0.1) is 18.3 Å². The van der Waals surface area contributed by atoms with Crippen LogP contribution in [0.15, 0.2) is 61.1 Å². The molecule has 1 aliphatic rings. The topological polar surface area (TPSA) is 89.0 Å². The Kier molecular flexibility index (Phi) is 7.92. The molecule has 188 valence electrons. The van der Waals surface area contributed by atoms with Gasteiger partial charge in [0.25, 0.3) is 0 Å². The highest BCUT2D eigenvalue weighted by atomic mass is 16.5. The zero-order chi connectivity index (χ0) is 25.5. The van der Waals surface area contributed by atoms with Crippen molar-refractivity contribution in [1.82, 2.24) is 20.2 Å². The molecule has 7 nitrogen and oxygen atoms in total. The Bertz CT molecular complexity index is 1430. The molecule has 0 atom stereocenters. The quantitative estimate of drug-likeness (QED) is 0.283.